The van der Waals surface area contributed by atoms with Gasteiger partial charge in [0.15, 0.2) is 10.2 Å². The van der Waals surface area contributed by atoms with Gasteiger partial charge in [-0.05, 0) is 49.0 Å². The van der Waals surface area contributed by atoms with Crippen LogP contribution >= 0.6 is 35.2 Å². The first-order chi connectivity index (χ1) is 12.0. The summed E-state index contributed by atoms with van der Waals surface area (Å²) in [6.07, 6.45) is 0. The summed E-state index contributed by atoms with van der Waals surface area (Å²) >= 11 is 12.8. The maximum atomic E-state index is 12.3. The van der Waals surface area contributed by atoms with Gasteiger partial charge in [-0.2, -0.15) is 0 Å². The number of benzene rings is 2. The van der Waals surface area contributed by atoms with Crippen molar-refractivity contribution >= 4 is 61.5 Å². The predicted molar refractivity (Wildman–Crippen MR) is 106 cm³/mol. The van der Waals surface area contributed by atoms with Crippen molar-refractivity contribution in [2.24, 2.45) is 0 Å². The number of para-hydroxylation sites is 1. The van der Waals surface area contributed by atoms with Gasteiger partial charge in [0.05, 0.1) is 22.9 Å². The highest BCUT2D eigenvalue weighted by Crippen LogP contribution is 2.30. The molecule has 0 atom stereocenters. The first kappa shape index (κ1) is 17.6. The normalized spacial score (nSPS) is 10.5. The second kappa shape index (κ2) is 7.35. The number of amides is 1. The minimum Gasteiger partial charge on any atom is -0.496 e. The highest BCUT2D eigenvalue weighted by atomic mass is 35.5. The molecule has 0 unspecified atom stereocenters. The van der Waals surface area contributed by atoms with Crippen LogP contribution in [-0.4, -0.2) is 23.1 Å². The molecule has 2 aromatic carbocycles. The van der Waals surface area contributed by atoms with E-state index < -0.39 is 0 Å². The van der Waals surface area contributed by atoms with Gasteiger partial charge in [-0.25, -0.2) is 4.98 Å². The SMILES string of the molecule is COc1ccccc1C(=O)NC(=S)Nc1nc2cc(Cl)c(C)cc2s1. The molecule has 25 heavy (non-hydrogen) atoms. The van der Waals surface area contributed by atoms with Crippen LogP contribution in [0.25, 0.3) is 10.2 Å². The molecule has 0 saturated carbocycles. The third kappa shape index (κ3) is 3.89. The van der Waals surface area contributed by atoms with Crippen molar-refractivity contribution in [2.75, 3.05) is 12.4 Å². The Balaban J connectivity index is 1.73. The van der Waals surface area contributed by atoms with E-state index in [9.17, 15) is 4.79 Å². The Morgan fingerprint density at radius 2 is 2.08 bits per heavy atom. The van der Waals surface area contributed by atoms with Crippen molar-refractivity contribution in [3.63, 3.8) is 0 Å². The van der Waals surface area contributed by atoms with Gasteiger partial charge in [-0.15, -0.1) is 0 Å². The van der Waals surface area contributed by atoms with Crippen molar-refractivity contribution in [1.29, 1.82) is 0 Å². The molecule has 128 valence electrons. The molecule has 1 amide bonds. The maximum Gasteiger partial charge on any atom is 0.261 e. The van der Waals surface area contributed by atoms with Gasteiger partial charge in [0.1, 0.15) is 5.75 Å². The monoisotopic (exact) mass is 391 g/mol. The molecule has 0 aliphatic carbocycles. The summed E-state index contributed by atoms with van der Waals surface area (Å²) in [6, 6.07) is 10.7. The van der Waals surface area contributed by atoms with E-state index in [2.05, 4.69) is 15.6 Å². The zero-order chi connectivity index (χ0) is 18.0. The summed E-state index contributed by atoms with van der Waals surface area (Å²) in [7, 11) is 1.51. The number of hydrogen-bond donors (Lipinski definition) is 2. The Kier molecular flexibility index (Phi) is 5.17. The van der Waals surface area contributed by atoms with Crippen LogP contribution in [0.5, 0.6) is 5.75 Å². The zero-order valence-electron chi connectivity index (χ0n) is 13.4. The smallest absolute Gasteiger partial charge is 0.261 e. The van der Waals surface area contributed by atoms with E-state index in [-0.39, 0.29) is 11.0 Å². The van der Waals surface area contributed by atoms with Crippen LogP contribution in [0, 0.1) is 6.92 Å². The van der Waals surface area contributed by atoms with E-state index in [0.29, 0.717) is 21.5 Å². The Hall–Kier alpha value is -2.22. The van der Waals surface area contributed by atoms with Crippen molar-refractivity contribution in [3.8, 4) is 5.75 Å². The van der Waals surface area contributed by atoms with Gasteiger partial charge in [0.2, 0.25) is 0 Å². The topological polar surface area (TPSA) is 63.2 Å². The maximum absolute atomic E-state index is 12.3. The lowest BCUT2D eigenvalue weighted by Gasteiger charge is -2.09. The molecule has 3 rings (SSSR count). The van der Waals surface area contributed by atoms with Gasteiger partial charge in [-0.3, -0.25) is 10.1 Å². The minimum atomic E-state index is -0.352. The third-order valence-electron chi connectivity index (χ3n) is 3.47. The highest BCUT2D eigenvalue weighted by molar-refractivity contribution is 7.80. The molecule has 1 heterocycles. The van der Waals surface area contributed by atoms with Crippen LogP contribution in [0.2, 0.25) is 5.02 Å². The molecular formula is C17H14ClN3O2S2. The Labute approximate surface area is 159 Å². The number of rotatable bonds is 3. The van der Waals surface area contributed by atoms with Crippen LogP contribution in [0.1, 0.15) is 15.9 Å². The van der Waals surface area contributed by atoms with Crippen LogP contribution < -0.4 is 15.4 Å². The minimum absolute atomic E-state index is 0.165. The summed E-state index contributed by atoms with van der Waals surface area (Å²) in [5, 5.41) is 6.97. The molecule has 5 nitrogen and oxygen atoms in total. The second-order valence-corrected chi connectivity index (χ2v) is 7.04. The predicted octanol–water partition coefficient (Wildman–Crippen LogP) is 4.39. The molecule has 3 aromatic rings. The second-order valence-electron chi connectivity index (χ2n) is 5.20. The molecule has 0 spiro atoms. The van der Waals surface area contributed by atoms with Crippen LogP contribution in [0.15, 0.2) is 36.4 Å². The number of halogens is 1. The molecule has 8 heteroatoms. The van der Waals surface area contributed by atoms with Crippen molar-refractivity contribution in [3.05, 3.63) is 52.5 Å². The number of ether oxygens (including phenoxy) is 1. The van der Waals surface area contributed by atoms with Crippen LogP contribution in [0.3, 0.4) is 0 Å². The molecule has 0 radical (unpaired) electrons. The number of aryl methyl sites for hydroxylation is 1. The fourth-order valence-corrected chi connectivity index (χ4v) is 3.60. The lowest BCUT2D eigenvalue weighted by atomic mass is 10.2. The van der Waals surface area contributed by atoms with Crippen molar-refractivity contribution in [1.82, 2.24) is 10.3 Å². The molecule has 1 aromatic heterocycles. The number of nitrogens with one attached hydrogen (secondary N) is 2. The quantitative estimate of drug-likeness (QED) is 0.648. The van der Waals surface area contributed by atoms with Crippen LogP contribution in [0.4, 0.5) is 5.13 Å². The van der Waals surface area contributed by atoms with E-state index in [1.165, 1.54) is 18.4 Å². The number of nitrogens with zero attached hydrogens (tertiary/aromatic N) is 1. The molecule has 2 N–H and O–H groups in total. The molecule has 0 fully saturated rings. The lowest BCUT2D eigenvalue weighted by Crippen LogP contribution is -2.34. The summed E-state index contributed by atoms with van der Waals surface area (Å²) in [5.41, 5.74) is 2.17. The molecule has 0 aliphatic rings. The molecule has 0 saturated heterocycles. The fraction of sp³-hybridized carbons (Fsp3) is 0.118. The van der Waals surface area contributed by atoms with E-state index in [0.717, 1.165) is 15.8 Å². The van der Waals surface area contributed by atoms with E-state index in [1.807, 2.05) is 19.1 Å². The Bertz CT molecular complexity index is 933. The summed E-state index contributed by atoms with van der Waals surface area (Å²) in [5.74, 6) is 0.128. The van der Waals surface area contributed by atoms with Gasteiger partial charge in [-0.1, -0.05) is 35.1 Å². The van der Waals surface area contributed by atoms with Crippen LogP contribution in [-0.2, 0) is 0 Å². The number of methoxy groups -OCH3 is 1. The third-order valence-corrected chi connectivity index (χ3v) is 5.01. The zero-order valence-corrected chi connectivity index (χ0v) is 15.8. The molecule has 0 aliphatic heterocycles. The van der Waals surface area contributed by atoms with E-state index in [1.54, 1.807) is 24.3 Å². The lowest BCUT2D eigenvalue weighted by molar-refractivity contribution is 0.0975. The van der Waals surface area contributed by atoms with Gasteiger partial charge in [0, 0.05) is 5.02 Å². The number of fused-ring (bicyclic) bond motifs is 1. The molecule has 0 bridgehead atoms. The number of carbonyl (C=O) groups excluding carboxylic acids is 1. The standard InChI is InChI=1S/C17H14ClN3O2S2/c1-9-7-14-12(8-11(9)18)19-17(25-14)21-16(24)20-15(22)10-5-3-4-6-13(10)23-2/h3-8H,1-2H3,(H2,19,20,21,22,24). The number of carbonyl (C=O) groups is 1. The summed E-state index contributed by atoms with van der Waals surface area (Å²) in [6.45, 7) is 1.94. The number of thiocarbonyl (C=S) groups is 1. The highest BCUT2D eigenvalue weighted by Gasteiger charge is 2.14. The number of aromatic nitrogens is 1. The summed E-state index contributed by atoms with van der Waals surface area (Å²) < 4.78 is 6.17. The van der Waals surface area contributed by atoms with Crippen molar-refractivity contribution < 1.29 is 9.53 Å². The van der Waals surface area contributed by atoms with Crippen molar-refractivity contribution in [2.45, 2.75) is 6.92 Å². The van der Waals surface area contributed by atoms with Gasteiger partial charge in [0.25, 0.3) is 5.91 Å². The molecular weight excluding hydrogens is 378 g/mol. The number of thiazole rings is 1. The average Bonchev–Trinajstić information content (AvgIpc) is 2.95. The first-order valence-electron chi connectivity index (χ1n) is 7.30. The first-order valence-corrected chi connectivity index (χ1v) is 8.90. The van der Waals surface area contributed by atoms with E-state index in [4.69, 9.17) is 28.6 Å². The Morgan fingerprint density at radius 3 is 2.84 bits per heavy atom. The van der Waals surface area contributed by atoms with Gasteiger partial charge >= 0.3 is 0 Å². The van der Waals surface area contributed by atoms with Gasteiger partial charge < -0.3 is 10.1 Å². The number of hydrogen-bond acceptors (Lipinski definition) is 5. The summed E-state index contributed by atoms with van der Waals surface area (Å²) in [4.78, 5) is 16.8. The Morgan fingerprint density at radius 1 is 1.32 bits per heavy atom. The average molecular weight is 392 g/mol. The fourth-order valence-electron chi connectivity index (χ4n) is 2.23. The largest absolute Gasteiger partial charge is 0.496 e. The number of anilines is 1. The van der Waals surface area contributed by atoms with E-state index >= 15 is 0 Å².